The van der Waals surface area contributed by atoms with Crippen molar-refractivity contribution in [3.05, 3.63) is 27.9 Å². The molecule has 0 atom stereocenters. The van der Waals surface area contributed by atoms with Gasteiger partial charge in [-0.2, -0.15) is 21.3 Å². The maximum absolute atomic E-state index is 11.5. The van der Waals surface area contributed by atoms with Crippen molar-refractivity contribution in [3.63, 3.8) is 0 Å². The molecule has 2 aromatic rings. The third kappa shape index (κ3) is 1.52. The number of aryl methyl sites for hydroxylation is 1. The van der Waals surface area contributed by atoms with Crippen molar-refractivity contribution in [1.29, 1.82) is 0 Å². The molecule has 74 valence electrons. The Hall–Kier alpha value is -1.30. The van der Waals surface area contributed by atoms with E-state index in [0.717, 1.165) is 11.6 Å². The van der Waals surface area contributed by atoms with Crippen LogP contribution in [0, 0.1) is 6.92 Å². The van der Waals surface area contributed by atoms with Crippen LogP contribution in [0.5, 0.6) is 0 Å². The number of aromatic amines is 1. The molecule has 0 saturated carbocycles. The summed E-state index contributed by atoms with van der Waals surface area (Å²) in [5, 5.41) is 2.90. The molecule has 0 saturated heterocycles. The first-order chi connectivity index (χ1) is 6.70. The number of fused-ring (bicyclic) bond motifs is 1. The number of hydrogen-bond donors (Lipinski definition) is 1. The summed E-state index contributed by atoms with van der Waals surface area (Å²) < 4.78 is 1.36. The average Bonchev–Trinajstić information content (AvgIpc) is 2.48. The lowest BCUT2D eigenvalue weighted by Gasteiger charge is -1.90. The molecule has 0 fully saturated rings. The predicted molar refractivity (Wildman–Crippen MR) is 55.6 cm³/mol. The number of aromatic nitrogens is 4. The first-order valence-electron chi connectivity index (χ1n) is 4.15. The van der Waals surface area contributed by atoms with Gasteiger partial charge in [-0.3, -0.25) is 9.89 Å². The van der Waals surface area contributed by atoms with Crippen LogP contribution in [0.2, 0.25) is 0 Å². The molecule has 0 unspecified atom stereocenters. The van der Waals surface area contributed by atoms with Gasteiger partial charge in [-0.15, -0.1) is 0 Å². The summed E-state index contributed by atoms with van der Waals surface area (Å²) in [6.07, 6.45) is 1.98. The van der Waals surface area contributed by atoms with Gasteiger partial charge in [0.1, 0.15) is 5.82 Å². The van der Waals surface area contributed by atoms with E-state index in [2.05, 4.69) is 15.1 Å². The Balaban J connectivity index is 2.65. The summed E-state index contributed by atoms with van der Waals surface area (Å²) in [5.41, 5.74) is 0.574. The molecule has 0 aliphatic carbocycles. The molecule has 0 amide bonds. The number of rotatable bonds is 2. The number of H-pyrrole nitrogens is 1. The third-order valence-electron chi connectivity index (χ3n) is 1.79. The topological polar surface area (TPSA) is 63.1 Å². The minimum atomic E-state index is -0.118. The Morgan fingerprint density at radius 1 is 1.57 bits per heavy atom. The van der Waals surface area contributed by atoms with Crippen molar-refractivity contribution in [3.8, 4) is 0 Å². The van der Waals surface area contributed by atoms with E-state index in [9.17, 15) is 4.79 Å². The zero-order valence-electron chi connectivity index (χ0n) is 7.94. The summed E-state index contributed by atoms with van der Waals surface area (Å²) >= 11 is 1.64. The van der Waals surface area contributed by atoms with Crippen molar-refractivity contribution in [2.45, 2.75) is 12.7 Å². The van der Waals surface area contributed by atoms with Gasteiger partial charge in [-0.1, -0.05) is 0 Å². The van der Waals surface area contributed by atoms with E-state index in [4.69, 9.17) is 0 Å². The van der Waals surface area contributed by atoms with E-state index < -0.39 is 0 Å². The van der Waals surface area contributed by atoms with Crippen LogP contribution in [-0.4, -0.2) is 25.8 Å². The van der Waals surface area contributed by atoms with Crippen molar-refractivity contribution < 1.29 is 0 Å². The third-order valence-corrected chi connectivity index (χ3v) is 2.35. The SMILES string of the molecule is CSCc1nc2nc(C)cc(=O)n2[nH]1. The van der Waals surface area contributed by atoms with Gasteiger partial charge >= 0.3 is 0 Å². The zero-order chi connectivity index (χ0) is 10.1. The molecule has 0 spiro atoms. The zero-order valence-corrected chi connectivity index (χ0v) is 8.76. The van der Waals surface area contributed by atoms with Crippen molar-refractivity contribution in [2.75, 3.05) is 6.26 Å². The predicted octanol–water partition coefficient (Wildman–Crippen LogP) is 0.589. The minimum Gasteiger partial charge on any atom is -0.274 e. The molecule has 0 bridgehead atoms. The first-order valence-corrected chi connectivity index (χ1v) is 5.54. The van der Waals surface area contributed by atoms with E-state index in [-0.39, 0.29) is 5.56 Å². The second-order valence-electron chi connectivity index (χ2n) is 2.97. The summed E-state index contributed by atoms with van der Waals surface area (Å²) in [6.45, 7) is 1.78. The molecule has 0 aromatic carbocycles. The molecule has 6 heteroatoms. The van der Waals surface area contributed by atoms with Gasteiger partial charge < -0.3 is 0 Å². The minimum absolute atomic E-state index is 0.118. The highest BCUT2D eigenvalue weighted by molar-refractivity contribution is 7.97. The fourth-order valence-corrected chi connectivity index (χ4v) is 1.64. The molecule has 0 aliphatic heterocycles. The van der Waals surface area contributed by atoms with Crippen LogP contribution in [-0.2, 0) is 5.75 Å². The van der Waals surface area contributed by atoms with Crippen LogP contribution >= 0.6 is 11.8 Å². The van der Waals surface area contributed by atoms with Gasteiger partial charge in [0.2, 0.25) is 0 Å². The lowest BCUT2D eigenvalue weighted by molar-refractivity contribution is 0.870. The van der Waals surface area contributed by atoms with Crippen LogP contribution in [0.4, 0.5) is 0 Å². The van der Waals surface area contributed by atoms with Gasteiger partial charge in [0.15, 0.2) is 0 Å². The first kappa shape index (κ1) is 9.26. The highest BCUT2D eigenvalue weighted by Gasteiger charge is 2.04. The quantitative estimate of drug-likeness (QED) is 0.788. The number of nitrogens with one attached hydrogen (secondary N) is 1. The molecule has 2 aromatic heterocycles. The molecule has 2 rings (SSSR count). The average molecular weight is 210 g/mol. The Kier molecular flexibility index (Phi) is 2.28. The van der Waals surface area contributed by atoms with Crippen LogP contribution < -0.4 is 5.56 Å². The Morgan fingerprint density at radius 3 is 3.07 bits per heavy atom. The summed E-state index contributed by atoms with van der Waals surface area (Å²) in [4.78, 5) is 19.8. The molecule has 1 N–H and O–H groups in total. The monoisotopic (exact) mass is 210 g/mol. The second-order valence-corrected chi connectivity index (χ2v) is 3.84. The Bertz CT molecular complexity index is 516. The smallest absolute Gasteiger partial charge is 0.274 e. The van der Waals surface area contributed by atoms with Crippen LogP contribution in [0.1, 0.15) is 11.5 Å². The van der Waals surface area contributed by atoms with Gasteiger partial charge in [-0.25, -0.2) is 4.98 Å². The number of nitrogens with zero attached hydrogens (tertiary/aromatic N) is 3. The maximum atomic E-state index is 11.5. The molecular weight excluding hydrogens is 200 g/mol. The number of thioether (sulfide) groups is 1. The van der Waals surface area contributed by atoms with Gasteiger partial charge in [0.25, 0.3) is 11.3 Å². The summed E-state index contributed by atoms with van der Waals surface area (Å²) in [6, 6.07) is 1.48. The normalized spacial score (nSPS) is 11.0. The molecule has 2 heterocycles. The van der Waals surface area contributed by atoms with Crippen LogP contribution in [0.15, 0.2) is 10.9 Å². The molecule has 0 aliphatic rings. The Morgan fingerprint density at radius 2 is 2.36 bits per heavy atom. The molecule has 0 radical (unpaired) electrons. The number of hydrogen-bond acceptors (Lipinski definition) is 4. The summed E-state index contributed by atoms with van der Waals surface area (Å²) in [7, 11) is 0. The highest BCUT2D eigenvalue weighted by Crippen LogP contribution is 2.04. The summed E-state index contributed by atoms with van der Waals surface area (Å²) in [5.74, 6) is 1.97. The Labute approximate surface area is 84.6 Å². The fourth-order valence-electron chi connectivity index (χ4n) is 1.24. The van der Waals surface area contributed by atoms with Gasteiger partial charge in [0, 0.05) is 11.8 Å². The van der Waals surface area contributed by atoms with E-state index in [0.29, 0.717) is 11.5 Å². The van der Waals surface area contributed by atoms with Crippen molar-refractivity contribution in [1.82, 2.24) is 19.6 Å². The van der Waals surface area contributed by atoms with E-state index >= 15 is 0 Å². The lowest BCUT2D eigenvalue weighted by atomic mass is 10.5. The standard InChI is InChI=1S/C8H10N4OS/c1-5-3-7(13)12-8(9-5)10-6(11-12)4-14-2/h3H,4H2,1-2H3,(H,9,10,11). The fraction of sp³-hybridized carbons (Fsp3) is 0.375. The largest absolute Gasteiger partial charge is 0.274 e. The maximum Gasteiger partial charge on any atom is 0.274 e. The van der Waals surface area contributed by atoms with Gasteiger partial charge in [0.05, 0.1) is 5.75 Å². The lowest BCUT2D eigenvalue weighted by Crippen LogP contribution is -2.14. The van der Waals surface area contributed by atoms with E-state index in [1.807, 2.05) is 6.26 Å². The van der Waals surface area contributed by atoms with Gasteiger partial charge in [-0.05, 0) is 13.2 Å². The molecule has 5 nitrogen and oxygen atoms in total. The van der Waals surface area contributed by atoms with Crippen molar-refractivity contribution in [2.24, 2.45) is 0 Å². The van der Waals surface area contributed by atoms with Crippen molar-refractivity contribution >= 4 is 17.5 Å². The van der Waals surface area contributed by atoms with Crippen LogP contribution in [0.3, 0.4) is 0 Å². The molecular formula is C8H10N4OS. The molecule has 14 heavy (non-hydrogen) atoms. The highest BCUT2D eigenvalue weighted by atomic mass is 32.2. The van der Waals surface area contributed by atoms with E-state index in [1.165, 1.54) is 10.6 Å². The van der Waals surface area contributed by atoms with Crippen LogP contribution in [0.25, 0.3) is 5.78 Å². The van der Waals surface area contributed by atoms with E-state index in [1.54, 1.807) is 18.7 Å². The second kappa shape index (κ2) is 3.45.